The van der Waals surface area contributed by atoms with Crippen molar-refractivity contribution >= 4 is 21.6 Å². The number of nitrogens with zero attached hydrogens (tertiary/aromatic N) is 3. The maximum Gasteiger partial charge on any atom is 0.316 e. The number of hydrogen-bond donors (Lipinski definition) is 0. The molecule has 0 aliphatic carbocycles. The topological polar surface area (TPSA) is 81.6 Å². The molecule has 0 spiro atoms. The monoisotopic (exact) mass is 387 g/mol. The molecule has 0 unspecified atom stereocenters. The van der Waals surface area contributed by atoms with E-state index < -0.39 is 15.8 Å². The molecule has 25 heavy (non-hydrogen) atoms. The fourth-order valence-electron chi connectivity index (χ4n) is 2.48. The second kappa shape index (κ2) is 7.11. The highest BCUT2D eigenvalue weighted by Crippen LogP contribution is 2.26. The van der Waals surface area contributed by atoms with Crippen LogP contribution in [0.25, 0.3) is 0 Å². The van der Waals surface area contributed by atoms with Gasteiger partial charge in [0, 0.05) is 6.54 Å². The van der Waals surface area contributed by atoms with Crippen molar-refractivity contribution in [3.63, 3.8) is 0 Å². The molecule has 0 radical (unpaired) electrons. The maximum atomic E-state index is 13.8. The first-order valence-electron chi connectivity index (χ1n) is 7.38. The van der Waals surface area contributed by atoms with E-state index in [-0.39, 0.29) is 35.8 Å². The van der Waals surface area contributed by atoms with Gasteiger partial charge in [0.2, 0.25) is 10.0 Å². The van der Waals surface area contributed by atoms with Crippen LogP contribution in [0.4, 0.5) is 4.39 Å². The highest BCUT2D eigenvalue weighted by molar-refractivity contribution is 7.89. The summed E-state index contributed by atoms with van der Waals surface area (Å²) in [4.78, 5) is 7.71. The van der Waals surface area contributed by atoms with Crippen LogP contribution in [0.1, 0.15) is 6.42 Å². The van der Waals surface area contributed by atoms with Crippen molar-refractivity contribution in [2.24, 2.45) is 0 Å². The number of methoxy groups -OCH3 is 1. The van der Waals surface area contributed by atoms with Gasteiger partial charge in [-0.15, -0.1) is 0 Å². The van der Waals surface area contributed by atoms with E-state index in [1.165, 1.54) is 35.9 Å². The highest BCUT2D eigenvalue weighted by Gasteiger charge is 2.34. The molecule has 10 heteroatoms. The van der Waals surface area contributed by atoms with E-state index in [2.05, 4.69) is 9.97 Å². The summed E-state index contributed by atoms with van der Waals surface area (Å²) in [5, 5.41) is 0.379. The molecule has 0 bridgehead atoms. The highest BCUT2D eigenvalue weighted by atomic mass is 35.5. The molecule has 3 rings (SSSR count). The minimum atomic E-state index is -3.82. The van der Waals surface area contributed by atoms with Crippen molar-refractivity contribution in [2.75, 3.05) is 20.2 Å². The zero-order valence-corrected chi connectivity index (χ0v) is 14.8. The van der Waals surface area contributed by atoms with E-state index in [1.807, 2.05) is 0 Å². The number of benzene rings is 1. The number of rotatable bonds is 5. The molecule has 0 N–H and O–H groups in total. The predicted molar refractivity (Wildman–Crippen MR) is 87.8 cm³/mol. The van der Waals surface area contributed by atoms with Gasteiger partial charge in [0.1, 0.15) is 6.10 Å². The van der Waals surface area contributed by atoms with E-state index in [1.54, 1.807) is 0 Å². The van der Waals surface area contributed by atoms with Gasteiger partial charge in [0.05, 0.1) is 36.0 Å². The Kier molecular flexibility index (Phi) is 5.07. The lowest BCUT2D eigenvalue weighted by atomic mass is 10.3. The number of hydrogen-bond acceptors (Lipinski definition) is 6. The van der Waals surface area contributed by atoms with Crippen LogP contribution in [0.5, 0.6) is 11.8 Å². The Morgan fingerprint density at radius 3 is 2.68 bits per heavy atom. The van der Waals surface area contributed by atoms with Gasteiger partial charge in [0.15, 0.2) is 11.6 Å². The number of aromatic nitrogens is 2. The lowest BCUT2D eigenvalue weighted by Crippen LogP contribution is -2.31. The Hall–Kier alpha value is -1.97. The van der Waals surface area contributed by atoms with Gasteiger partial charge in [-0.3, -0.25) is 0 Å². The summed E-state index contributed by atoms with van der Waals surface area (Å²) in [6.45, 7) is 0.385. The average Bonchev–Trinajstić information content (AvgIpc) is 3.06. The molecule has 134 valence electrons. The Labute approximate surface area is 149 Å². The molecular weight excluding hydrogens is 373 g/mol. The van der Waals surface area contributed by atoms with Crippen molar-refractivity contribution in [1.82, 2.24) is 14.3 Å². The van der Waals surface area contributed by atoms with Gasteiger partial charge >= 0.3 is 6.01 Å². The van der Waals surface area contributed by atoms with E-state index >= 15 is 0 Å². The Morgan fingerprint density at radius 1 is 1.32 bits per heavy atom. The summed E-state index contributed by atoms with van der Waals surface area (Å²) in [5.74, 6) is -0.744. The summed E-state index contributed by atoms with van der Waals surface area (Å²) < 4.78 is 50.7. The Bertz CT molecular complexity index is 864. The summed E-state index contributed by atoms with van der Waals surface area (Å²) in [7, 11) is -2.51. The summed E-state index contributed by atoms with van der Waals surface area (Å²) >= 11 is 5.71. The summed E-state index contributed by atoms with van der Waals surface area (Å²) in [6.07, 6.45) is 2.88. The van der Waals surface area contributed by atoms with Crippen molar-refractivity contribution in [3.8, 4) is 11.8 Å². The van der Waals surface area contributed by atoms with Crippen molar-refractivity contribution < 1.29 is 22.3 Å². The van der Waals surface area contributed by atoms with Crippen LogP contribution in [0.15, 0.2) is 35.5 Å². The van der Waals surface area contributed by atoms with Gasteiger partial charge in [-0.05, 0) is 24.6 Å². The van der Waals surface area contributed by atoms with Gasteiger partial charge in [0.25, 0.3) is 0 Å². The first-order chi connectivity index (χ1) is 11.9. The fraction of sp³-hybridized carbons (Fsp3) is 0.333. The third kappa shape index (κ3) is 3.83. The molecule has 1 aliphatic rings. The van der Waals surface area contributed by atoms with Gasteiger partial charge in [-0.25, -0.2) is 22.8 Å². The van der Waals surface area contributed by atoms with Crippen LogP contribution in [0.3, 0.4) is 0 Å². The molecule has 1 aromatic heterocycles. The lowest BCUT2D eigenvalue weighted by Gasteiger charge is -2.17. The molecule has 1 atom stereocenters. The Morgan fingerprint density at radius 2 is 2.04 bits per heavy atom. The second-order valence-corrected chi connectivity index (χ2v) is 7.75. The molecule has 0 saturated carbocycles. The molecule has 1 saturated heterocycles. The number of ether oxygens (including phenoxy) is 2. The summed E-state index contributed by atoms with van der Waals surface area (Å²) in [5.41, 5.74) is 0. The zero-order chi connectivity index (χ0) is 18.0. The SMILES string of the molecule is COc1ccc(S(=O)(=O)N2CC[C@@H](Oc3ncc(Cl)cn3)C2)cc1F. The molecular formula is C15H15ClFN3O4S. The van der Waals surface area contributed by atoms with E-state index in [0.29, 0.717) is 11.4 Å². The standard InChI is InChI=1S/C15H15ClFN3O4S/c1-23-14-3-2-12(6-13(14)17)25(21,22)20-5-4-11(9-20)24-15-18-7-10(16)8-19-15/h2-3,6-8,11H,4-5,9H2,1H3/t11-/m1/s1. The summed E-state index contributed by atoms with van der Waals surface area (Å²) in [6, 6.07) is 3.68. The van der Waals surface area contributed by atoms with Crippen LogP contribution < -0.4 is 9.47 Å². The van der Waals surface area contributed by atoms with Gasteiger partial charge in [-0.1, -0.05) is 11.6 Å². The molecule has 1 fully saturated rings. The average molecular weight is 388 g/mol. The third-order valence-corrected chi connectivity index (χ3v) is 5.79. The number of halogens is 2. The fourth-order valence-corrected chi connectivity index (χ4v) is 4.08. The van der Waals surface area contributed by atoms with Gasteiger partial charge < -0.3 is 9.47 Å². The molecule has 2 heterocycles. The zero-order valence-electron chi connectivity index (χ0n) is 13.2. The predicted octanol–water partition coefficient (Wildman–Crippen LogP) is 2.12. The van der Waals surface area contributed by atoms with Crippen molar-refractivity contribution in [2.45, 2.75) is 17.4 Å². The Balaban J connectivity index is 1.71. The van der Waals surface area contributed by atoms with Crippen LogP contribution in [0, 0.1) is 5.82 Å². The quantitative estimate of drug-likeness (QED) is 0.781. The molecule has 0 amide bonds. The largest absolute Gasteiger partial charge is 0.494 e. The lowest BCUT2D eigenvalue weighted by molar-refractivity contribution is 0.197. The van der Waals surface area contributed by atoms with E-state index in [4.69, 9.17) is 21.1 Å². The molecule has 1 aromatic carbocycles. The molecule has 2 aromatic rings. The van der Waals surface area contributed by atoms with Gasteiger partial charge in [-0.2, -0.15) is 4.31 Å². The van der Waals surface area contributed by atoms with Crippen molar-refractivity contribution in [1.29, 1.82) is 0 Å². The molecule has 1 aliphatic heterocycles. The van der Waals surface area contributed by atoms with E-state index in [9.17, 15) is 12.8 Å². The molecule has 7 nitrogen and oxygen atoms in total. The third-order valence-electron chi connectivity index (χ3n) is 3.74. The van der Waals surface area contributed by atoms with Crippen molar-refractivity contribution in [3.05, 3.63) is 41.4 Å². The first kappa shape index (κ1) is 17.8. The van der Waals surface area contributed by atoms with Crippen LogP contribution in [-0.2, 0) is 10.0 Å². The maximum absolute atomic E-state index is 13.8. The normalized spacial score (nSPS) is 18.3. The van der Waals surface area contributed by atoms with E-state index in [0.717, 1.165) is 6.07 Å². The van der Waals surface area contributed by atoms with Crippen LogP contribution in [0.2, 0.25) is 5.02 Å². The second-order valence-electron chi connectivity index (χ2n) is 5.37. The number of sulfonamides is 1. The smallest absolute Gasteiger partial charge is 0.316 e. The minimum absolute atomic E-state index is 0.0125. The van der Waals surface area contributed by atoms with Crippen LogP contribution >= 0.6 is 11.6 Å². The minimum Gasteiger partial charge on any atom is -0.494 e. The first-order valence-corrected chi connectivity index (χ1v) is 9.20. The van der Waals surface area contributed by atoms with Crippen LogP contribution in [-0.4, -0.2) is 49.0 Å².